The molecular formula is C14H16F3N3O4. The molecule has 0 spiro atoms. The molecule has 1 atom stereocenters. The Bertz CT molecular complexity index is 678. The van der Waals surface area contributed by atoms with Crippen molar-refractivity contribution in [3.05, 3.63) is 33.9 Å². The van der Waals surface area contributed by atoms with Crippen molar-refractivity contribution < 1.29 is 28.0 Å². The van der Waals surface area contributed by atoms with Crippen molar-refractivity contribution in [1.82, 2.24) is 4.90 Å². The van der Waals surface area contributed by atoms with Crippen molar-refractivity contribution in [2.24, 2.45) is 0 Å². The van der Waals surface area contributed by atoms with Crippen molar-refractivity contribution >= 4 is 17.3 Å². The van der Waals surface area contributed by atoms with Gasteiger partial charge in [-0.3, -0.25) is 14.9 Å². The molecule has 1 heterocycles. The van der Waals surface area contributed by atoms with Crippen LogP contribution in [-0.2, 0) is 0 Å². The summed E-state index contributed by atoms with van der Waals surface area (Å²) in [6.07, 6.45) is -5.48. The van der Waals surface area contributed by atoms with E-state index in [4.69, 9.17) is 0 Å². The van der Waals surface area contributed by atoms with E-state index >= 15 is 0 Å². The van der Waals surface area contributed by atoms with Gasteiger partial charge in [0.25, 0.3) is 11.6 Å². The zero-order valence-electron chi connectivity index (χ0n) is 13.0. The Hall–Kier alpha value is -2.36. The van der Waals surface area contributed by atoms with Crippen LogP contribution in [-0.4, -0.2) is 59.8 Å². The molecule has 1 N–H and O–H groups in total. The van der Waals surface area contributed by atoms with Gasteiger partial charge in [0.2, 0.25) is 0 Å². The van der Waals surface area contributed by atoms with Gasteiger partial charge in [0.05, 0.1) is 17.0 Å². The lowest BCUT2D eigenvalue weighted by Gasteiger charge is -2.26. The number of carbonyl (C=O) groups is 1. The van der Waals surface area contributed by atoms with Gasteiger partial charge in [-0.25, -0.2) is 0 Å². The highest BCUT2D eigenvalue weighted by Crippen LogP contribution is 2.38. The largest absolute Gasteiger partial charge is 0.419 e. The average molecular weight is 347 g/mol. The standard InChI is InChI=1S/C14H16F3N3O4/c1-18(2)11-4-3-9(20(23)24)7-10(11)12(21)19-6-5-13(22,8-19)14(15,16)17/h3-4,7,22H,5-6,8H2,1-2H3/t13-/m0/s1. The number of β-amino-alcohol motifs (C(OH)–C–C–N with tert-alkyl or cyclic N) is 1. The predicted octanol–water partition coefficient (Wildman–Crippen LogP) is 1.80. The molecule has 1 aromatic carbocycles. The van der Waals surface area contributed by atoms with E-state index in [1.165, 1.54) is 17.0 Å². The second-order valence-corrected chi connectivity index (χ2v) is 5.86. The Kier molecular flexibility index (Phi) is 4.44. The lowest BCUT2D eigenvalue weighted by molar-refractivity contribution is -0.384. The van der Waals surface area contributed by atoms with Crippen LogP contribution in [0.5, 0.6) is 0 Å². The van der Waals surface area contributed by atoms with E-state index in [1.807, 2.05) is 0 Å². The Morgan fingerprint density at radius 2 is 2.04 bits per heavy atom. The SMILES string of the molecule is CN(C)c1ccc([N+](=O)[O-])cc1C(=O)N1CC[C@@](O)(C(F)(F)F)C1. The molecule has 7 nitrogen and oxygen atoms in total. The molecule has 1 saturated heterocycles. The summed E-state index contributed by atoms with van der Waals surface area (Å²) in [6.45, 7) is -1.19. The van der Waals surface area contributed by atoms with Crippen LogP contribution >= 0.6 is 0 Å². The van der Waals surface area contributed by atoms with E-state index < -0.39 is 35.6 Å². The maximum atomic E-state index is 12.9. The molecule has 1 aliphatic rings. The molecular weight excluding hydrogens is 331 g/mol. The first-order valence-corrected chi connectivity index (χ1v) is 7.00. The first-order chi connectivity index (χ1) is 11.0. The third-order valence-electron chi connectivity index (χ3n) is 3.97. The number of benzene rings is 1. The number of hydrogen-bond acceptors (Lipinski definition) is 5. The van der Waals surface area contributed by atoms with Crippen LogP contribution in [0, 0.1) is 10.1 Å². The summed E-state index contributed by atoms with van der Waals surface area (Å²) in [5.74, 6) is -0.789. The molecule has 1 aromatic rings. The van der Waals surface area contributed by atoms with Crippen LogP contribution in [0.3, 0.4) is 0 Å². The van der Waals surface area contributed by atoms with Crippen molar-refractivity contribution in [3.8, 4) is 0 Å². The van der Waals surface area contributed by atoms with Crippen molar-refractivity contribution in [1.29, 1.82) is 0 Å². The van der Waals surface area contributed by atoms with Crippen molar-refractivity contribution in [2.75, 3.05) is 32.1 Å². The molecule has 2 rings (SSSR count). The van der Waals surface area contributed by atoms with Gasteiger partial charge in [0, 0.05) is 44.9 Å². The number of non-ortho nitro benzene ring substituents is 1. The van der Waals surface area contributed by atoms with E-state index in [0.717, 1.165) is 11.0 Å². The number of amides is 1. The molecule has 0 unspecified atom stereocenters. The molecule has 0 aliphatic carbocycles. The second-order valence-electron chi connectivity index (χ2n) is 5.86. The highest BCUT2D eigenvalue weighted by atomic mass is 19.4. The van der Waals surface area contributed by atoms with Crippen LogP contribution in [0.15, 0.2) is 18.2 Å². The third kappa shape index (κ3) is 3.14. The van der Waals surface area contributed by atoms with Gasteiger partial charge in [0.1, 0.15) is 0 Å². The quantitative estimate of drug-likeness (QED) is 0.665. The van der Waals surface area contributed by atoms with E-state index in [9.17, 15) is 33.2 Å². The maximum absolute atomic E-state index is 12.9. The smallest absolute Gasteiger partial charge is 0.379 e. The molecule has 0 bridgehead atoms. The highest BCUT2D eigenvalue weighted by Gasteiger charge is 2.57. The molecule has 10 heteroatoms. The monoisotopic (exact) mass is 347 g/mol. The molecule has 0 saturated carbocycles. The number of nitro benzene ring substituents is 1. The van der Waals surface area contributed by atoms with Gasteiger partial charge in [0.15, 0.2) is 5.60 Å². The van der Waals surface area contributed by atoms with Gasteiger partial charge < -0.3 is 14.9 Å². The number of likely N-dealkylation sites (tertiary alicyclic amines) is 1. The Labute approximate surface area is 135 Å². The van der Waals surface area contributed by atoms with E-state index in [2.05, 4.69) is 0 Å². The first-order valence-electron chi connectivity index (χ1n) is 7.00. The molecule has 1 fully saturated rings. The minimum absolute atomic E-state index is 0.0828. The summed E-state index contributed by atoms with van der Waals surface area (Å²) in [7, 11) is 3.21. The molecule has 24 heavy (non-hydrogen) atoms. The van der Waals surface area contributed by atoms with Crippen LogP contribution in [0.2, 0.25) is 0 Å². The summed E-state index contributed by atoms with van der Waals surface area (Å²) in [6, 6.07) is 3.60. The van der Waals surface area contributed by atoms with Gasteiger partial charge in [-0.2, -0.15) is 13.2 Å². The Morgan fingerprint density at radius 1 is 1.42 bits per heavy atom. The number of alkyl halides is 3. The van der Waals surface area contributed by atoms with Gasteiger partial charge >= 0.3 is 6.18 Å². The zero-order valence-corrected chi connectivity index (χ0v) is 13.0. The van der Waals surface area contributed by atoms with E-state index in [0.29, 0.717) is 5.69 Å². The van der Waals surface area contributed by atoms with Gasteiger partial charge in [-0.1, -0.05) is 0 Å². The lowest BCUT2D eigenvalue weighted by Crippen LogP contribution is -2.48. The average Bonchev–Trinajstić information content (AvgIpc) is 2.89. The predicted molar refractivity (Wildman–Crippen MR) is 78.9 cm³/mol. The topological polar surface area (TPSA) is 86.9 Å². The first kappa shape index (κ1) is 18.0. The number of hydrogen-bond donors (Lipinski definition) is 1. The number of rotatable bonds is 3. The number of carbonyl (C=O) groups excluding carboxylic acids is 1. The van der Waals surface area contributed by atoms with Crippen molar-refractivity contribution in [2.45, 2.75) is 18.2 Å². The molecule has 132 valence electrons. The Morgan fingerprint density at radius 3 is 2.50 bits per heavy atom. The van der Waals surface area contributed by atoms with Crippen LogP contribution in [0.25, 0.3) is 0 Å². The number of nitrogens with zero attached hydrogens (tertiary/aromatic N) is 3. The van der Waals surface area contributed by atoms with Crippen LogP contribution < -0.4 is 4.90 Å². The molecule has 0 radical (unpaired) electrons. The minimum Gasteiger partial charge on any atom is -0.379 e. The van der Waals surface area contributed by atoms with E-state index in [1.54, 1.807) is 14.1 Å². The van der Waals surface area contributed by atoms with Gasteiger partial charge in [-0.05, 0) is 6.07 Å². The lowest BCUT2D eigenvalue weighted by atomic mass is 10.0. The maximum Gasteiger partial charge on any atom is 0.419 e. The van der Waals surface area contributed by atoms with Crippen LogP contribution in [0.4, 0.5) is 24.5 Å². The second kappa shape index (κ2) is 5.93. The number of aliphatic hydroxyl groups is 1. The van der Waals surface area contributed by atoms with Crippen molar-refractivity contribution in [3.63, 3.8) is 0 Å². The van der Waals surface area contributed by atoms with Gasteiger partial charge in [-0.15, -0.1) is 0 Å². The fourth-order valence-corrected chi connectivity index (χ4v) is 2.57. The summed E-state index contributed by atoms with van der Waals surface area (Å²) in [5.41, 5.74) is -3.04. The summed E-state index contributed by atoms with van der Waals surface area (Å²) in [5, 5.41) is 20.6. The minimum atomic E-state index is -4.85. The number of nitro groups is 1. The highest BCUT2D eigenvalue weighted by molar-refractivity contribution is 6.00. The summed E-state index contributed by atoms with van der Waals surface area (Å²) in [4.78, 5) is 25.2. The Balaban J connectivity index is 2.36. The summed E-state index contributed by atoms with van der Waals surface area (Å²) < 4.78 is 38.6. The molecule has 0 aromatic heterocycles. The molecule has 1 aliphatic heterocycles. The normalized spacial score (nSPS) is 21.0. The van der Waals surface area contributed by atoms with E-state index in [-0.39, 0.29) is 17.8 Å². The molecule has 1 amide bonds. The third-order valence-corrected chi connectivity index (χ3v) is 3.97. The zero-order chi connectivity index (χ0) is 18.3. The summed E-state index contributed by atoms with van der Waals surface area (Å²) >= 11 is 0. The number of halogens is 3. The fraction of sp³-hybridized carbons (Fsp3) is 0.500. The fourth-order valence-electron chi connectivity index (χ4n) is 2.57. The number of anilines is 1. The van der Waals surface area contributed by atoms with Crippen LogP contribution in [0.1, 0.15) is 16.8 Å².